The van der Waals surface area contributed by atoms with Gasteiger partial charge < -0.3 is 124 Å². The van der Waals surface area contributed by atoms with Crippen LogP contribution in [0.5, 0.6) is 0 Å². The van der Waals surface area contributed by atoms with Crippen molar-refractivity contribution in [1.82, 2.24) is 89.6 Å². The third kappa shape index (κ3) is 38.0. The molecule has 43 heteroatoms. The van der Waals surface area contributed by atoms with Crippen molar-refractivity contribution < 1.29 is 91.7 Å². The Morgan fingerprint density at radius 2 is 0.915 bits per heavy atom. The molecule has 0 saturated carbocycles. The molecule has 29 N–H and O–H groups in total. The van der Waals surface area contributed by atoms with Gasteiger partial charge in [-0.2, -0.15) is 11.8 Å². The molecule has 0 radical (unpaired) electrons. The molecule has 0 bridgehead atoms. The van der Waals surface area contributed by atoms with Gasteiger partial charge in [0.05, 0.1) is 31.3 Å². The number of hydrogen-bond acceptors (Lipinski definition) is 23. The van der Waals surface area contributed by atoms with Gasteiger partial charge in [0.15, 0.2) is 5.96 Å². The molecule has 4 aromatic carbocycles. The Kier molecular flexibility index (Phi) is 48.6. The second-order valence-corrected chi connectivity index (χ2v) is 38.8. The first kappa shape index (κ1) is 116. The molecule has 142 heavy (non-hydrogen) atoms. The number of hydrogen-bond donors (Lipinski definition) is 24. The van der Waals surface area contributed by atoms with E-state index in [1.165, 1.54) is 0 Å². The Balaban J connectivity index is 1.10. The van der Waals surface area contributed by atoms with Gasteiger partial charge in [-0.25, -0.2) is 4.79 Å². The highest BCUT2D eigenvalue weighted by atomic mass is 32.2. The summed E-state index contributed by atoms with van der Waals surface area (Å²) in [4.78, 5) is 248. The van der Waals surface area contributed by atoms with Crippen molar-refractivity contribution in [3.63, 3.8) is 0 Å². The number of nitrogens with one attached hydrogen (secondary N) is 17. The number of benzene rings is 4. The Hall–Kier alpha value is -13.1. The zero-order valence-corrected chi connectivity index (χ0v) is 83.1. The Morgan fingerprint density at radius 3 is 1.43 bits per heavy atom. The van der Waals surface area contributed by atoms with Crippen LogP contribution in [0.3, 0.4) is 0 Å². The number of nitrogens with two attached hydrogens (primary N) is 5. The largest absolute Gasteiger partial charge is 0.481 e. The molecule has 42 nitrogen and oxygen atoms in total. The average molecular weight is 2000 g/mol. The highest BCUT2D eigenvalue weighted by Crippen LogP contribution is 2.38. The van der Waals surface area contributed by atoms with Crippen molar-refractivity contribution in [1.29, 1.82) is 5.41 Å². The zero-order chi connectivity index (χ0) is 104. The highest BCUT2D eigenvalue weighted by Gasteiger charge is 2.52. The summed E-state index contributed by atoms with van der Waals surface area (Å²) in [5.41, 5.74) is 31.9. The molecular formula is C99H147N23O19S. The molecule has 0 spiro atoms. The number of carbonyl (C=O) groups excluding carboxylic acids is 16. The first-order valence-corrected chi connectivity index (χ1v) is 50.0. The van der Waals surface area contributed by atoms with Crippen LogP contribution in [0.25, 0.3) is 10.9 Å². The summed E-state index contributed by atoms with van der Waals surface area (Å²) < 4.78 is 0. The third-order valence-corrected chi connectivity index (χ3v) is 26.2. The number of aliphatic hydroxyl groups excluding tert-OH is 1. The second kappa shape index (κ2) is 59.6. The molecule has 2 saturated heterocycles. The number of carbonyl (C=O) groups is 17. The molecular weight excluding hydrogens is 1850 g/mol. The van der Waals surface area contributed by atoms with Crippen molar-refractivity contribution in [3.05, 3.63) is 144 Å². The molecule has 1 aromatic heterocycles. The maximum Gasteiger partial charge on any atom is 0.324 e. The normalized spacial score (nSPS) is 16.8. The zero-order valence-electron chi connectivity index (χ0n) is 82.3. The number of fused-ring (bicyclic) bond motifs is 2. The van der Waals surface area contributed by atoms with Gasteiger partial charge in [0, 0.05) is 73.2 Å². The fourth-order valence-corrected chi connectivity index (χ4v) is 18.4. The maximum absolute atomic E-state index is 15.4. The van der Waals surface area contributed by atoms with Crippen LogP contribution in [0.15, 0.2) is 121 Å². The summed E-state index contributed by atoms with van der Waals surface area (Å²) in [5, 5.41) is 69.0. The topological polar surface area (TPSA) is 684 Å². The summed E-state index contributed by atoms with van der Waals surface area (Å²) in [6.45, 7) is 12.8. The van der Waals surface area contributed by atoms with Crippen molar-refractivity contribution in [2.45, 2.75) is 286 Å². The quantitative estimate of drug-likeness (QED) is 0.0108. The number of carboxylic acid groups (broad SMARTS) is 1. The lowest BCUT2D eigenvalue weighted by Crippen LogP contribution is -2.62. The summed E-state index contributed by atoms with van der Waals surface area (Å²) in [5.74, 6) is -15.4. The van der Waals surface area contributed by atoms with Gasteiger partial charge in [0.25, 0.3) is 5.91 Å². The summed E-state index contributed by atoms with van der Waals surface area (Å²) in [6, 6.07) is 12.0. The number of thioether (sulfide) groups is 1. The number of nitrogens with zero attached hydrogens (tertiary/aromatic N) is 1. The molecule has 0 aliphatic carbocycles. The predicted molar refractivity (Wildman–Crippen MR) is 536 cm³/mol. The molecule has 2 aliphatic rings. The van der Waals surface area contributed by atoms with E-state index in [1.807, 2.05) is 20.8 Å². The Morgan fingerprint density at radius 1 is 0.472 bits per heavy atom. The maximum atomic E-state index is 15.4. The van der Waals surface area contributed by atoms with Gasteiger partial charge in [-0.3, -0.25) is 87.0 Å². The number of carboxylic acids is 1. The number of aromatic nitrogens is 1. The summed E-state index contributed by atoms with van der Waals surface area (Å²) in [6.07, 6.45) is 3.54. The minimum atomic E-state index is -1.87. The number of urea groups is 1. The number of rotatable bonds is 63. The number of aliphatic carboxylic acids is 1. The van der Waals surface area contributed by atoms with E-state index in [0.29, 0.717) is 90.3 Å². The monoisotopic (exact) mass is 1990 g/mol. The minimum absolute atomic E-state index is 0.00176. The van der Waals surface area contributed by atoms with E-state index in [-0.39, 0.29) is 113 Å². The number of unbranched alkanes of at least 4 members (excludes halogenated alkanes) is 3. The fraction of sp³-hybridized carbons (Fsp3) is 0.556. The number of primary amides is 1. The molecule has 2 fully saturated rings. The number of guanidine groups is 1. The molecule has 5 aromatic rings. The van der Waals surface area contributed by atoms with E-state index in [4.69, 9.17) is 34.1 Å². The van der Waals surface area contributed by atoms with E-state index in [1.54, 1.807) is 168 Å². The third-order valence-electron chi connectivity index (χ3n) is 24.8. The standard InChI is InChI=1S/C99H147N23O19S/c1-9-59(8)83(120-85(128)65(102)46-56(2)3)96(139)112-67(38-27-45-106-98(104)105)86(129)108-53-80(125)109-71(47-57(4)5)89(132)114-72(48-60-28-13-10-14-29-60)90(133)110-68(36-23-25-43-100)87(130)118-76(54-123)94(137)115-73(49-61-30-15-11-16-31-61)92(135)116-75(51-63-52-107-66-35-20-19-34-64(63)66)93(136)111-69(41-42-79(103)124)88(131)119-82(58(6)7)95(138)117-74(50-62-32-17-12-18-33-62)91(134)113-70(37-24-26-44-101)97(140)122-77-55-142-78(84(77)121-99(122)141)39-21-22-40-81(126)127/h10-20,28-35,52,56-59,65,67-78,82-84,107,123H,9,21-27,36-51,53-55,100-102H2,1-8H3,(H2,103,124)(H,108,129)(H,109,125)(H,110,133)(H,111,136)(H,112,139)(H,113,134)(H,114,132)(H,115,137)(H,116,135)(H,117,138)(H,118,130)(H,119,131)(H,120,128)(H,121,141)(H,126,127)(H4,104,105,106)/t59-,65-,67-,68-,69-,70-,71-,72-,73-,74-,75-,76-,77-,78-,82-,83-,84-/m0/s1. The number of para-hydroxylation sites is 1. The van der Waals surface area contributed by atoms with Crippen LogP contribution in [-0.4, -0.2) is 261 Å². The number of H-pyrrole nitrogens is 1. The minimum Gasteiger partial charge on any atom is -0.481 e. The van der Waals surface area contributed by atoms with Crippen molar-refractivity contribution in [2.24, 2.45) is 52.3 Å². The second-order valence-electron chi connectivity index (χ2n) is 37.5. The van der Waals surface area contributed by atoms with E-state index < -0.39 is 229 Å². The van der Waals surface area contributed by atoms with Gasteiger partial charge in [0.1, 0.15) is 72.5 Å². The van der Waals surface area contributed by atoms with Crippen molar-refractivity contribution in [2.75, 3.05) is 38.5 Å². The van der Waals surface area contributed by atoms with Gasteiger partial charge in [0.2, 0.25) is 82.7 Å². The highest BCUT2D eigenvalue weighted by molar-refractivity contribution is 8.00. The van der Waals surface area contributed by atoms with Crippen LogP contribution in [0.1, 0.15) is 187 Å². The van der Waals surface area contributed by atoms with E-state index in [9.17, 15) is 72.5 Å². The van der Waals surface area contributed by atoms with Gasteiger partial charge in [-0.05, 0) is 149 Å². The van der Waals surface area contributed by atoms with Gasteiger partial charge in [-0.1, -0.05) is 177 Å². The van der Waals surface area contributed by atoms with E-state index in [2.05, 4.69) is 84.7 Å². The molecule has 3 heterocycles. The SMILES string of the molecule is CC[C@H](C)[C@H](NC(=O)[C@@H](N)CC(C)C)C(=O)N[C@@H](CCCNC(=N)N)C(=O)NCC(=O)N[C@@H](CC(C)C)C(=O)N[C@@H](Cc1ccccc1)C(=O)N[C@@H](CCCCN)C(=O)N[C@@H](CO)C(=O)N[C@@H](Cc1ccccc1)C(=O)N[C@@H](Cc1c[nH]c2ccccc12)C(=O)N[C@@H](CCC(N)=O)C(=O)N[C@H](C(=O)N[C@@H](Cc1ccccc1)C(=O)N[C@@H](CCCCN)C(=O)N1C(=O)N[C@@H]2[C@H](CCCCC(=O)O)SC[C@@H]21)C(C)C. The summed E-state index contributed by atoms with van der Waals surface area (Å²) >= 11 is 1.56. The lowest BCUT2D eigenvalue weighted by atomic mass is 9.96. The first-order valence-electron chi connectivity index (χ1n) is 48.9. The first-order chi connectivity index (χ1) is 67.7. The van der Waals surface area contributed by atoms with Crippen LogP contribution >= 0.6 is 11.8 Å². The van der Waals surface area contributed by atoms with Crippen LogP contribution in [0.4, 0.5) is 4.79 Å². The lowest BCUT2D eigenvalue weighted by Gasteiger charge is -2.30. The average Bonchev–Trinajstić information content (AvgIpc) is 1.61. The molecule has 2 aliphatic heterocycles. The van der Waals surface area contributed by atoms with Crippen molar-refractivity contribution in [3.8, 4) is 0 Å². The van der Waals surface area contributed by atoms with Gasteiger partial charge in [-0.15, -0.1) is 0 Å². The van der Waals surface area contributed by atoms with E-state index >= 15 is 19.2 Å². The van der Waals surface area contributed by atoms with Crippen LogP contribution in [0, 0.1) is 29.1 Å². The van der Waals surface area contributed by atoms with E-state index in [0.717, 1.165) is 4.90 Å². The fourth-order valence-electron chi connectivity index (χ4n) is 16.8. The Labute approximate surface area is 832 Å². The lowest BCUT2D eigenvalue weighted by molar-refractivity contribution is -0.137. The van der Waals surface area contributed by atoms with Gasteiger partial charge >= 0.3 is 12.0 Å². The molecule has 778 valence electrons. The van der Waals surface area contributed by atoms with Crippen molar-refractivity contribution >= 4 is 129 Å². The number of aliphatic hydroxyl groups is 1. The van der Waals surface area contributed by atoms with Crippen LogP contribution in [0.2, 0.25) is 0 Å². The molecule has 0 unspecified atom stereocenters. The molecule has 17 amide bonds. The number of aromatic amines is 1. The van der Waals surface area contributed by atoms with Crippen LogP contribution in [-0.2, 0) is 102 Å². The number of amides is 17. The Bertz CT molecular complexity index is 5040. The molecule has 7 rings (SSSR count). The number of imide groups is 1. The summed E-state index contributed by atoms with van der Waals surface area (Å²) in [7, 11) is 0. The smallest absolute Gasteiger partial charge is 0.324 e. The molecule has 17 atom stereocenters. The van der Waals surface area contributed by atoms with Crippen LogP contribution < -0.4 is 108 Å². The predicted octanol–water partition coefficient (Wildman–Crippen LogP) is 0.322.